The van der Waals surface area contributed by atoms with Gasteiger partial charge in [0.15, 0.2) is 6.61 Å². The lowest BCUT2D eigenvalue weighted by atomic mass is 9.85. The van der Waals surface area contributed by atoms with E-state index >= 15 is 0 Å². The highest BCUT2D eigenvalue weighted by Gasteiger charge is 2.22. The minimum absolute atomic E-state index is 0.0399. The molecule has 0 aromatic heterocycles. The number of ether oxygens (including phenoxy) is 2. The Morgan fingerprint density at radius 1 is 1.29 bits per heavy atom. The molecule has 0 N–H and O–H groups in total. The van der Waals surface area contributed by atoms with Crippen LogP contribution in [-0.2, 0) is 9.53 Å². The lowest BCUT2D eigenvalue weighted by Gasteiger charge is -2.26. The number of carbonyl (C=O) groups excluding carboxylic acids is 1. The third-order valence-electron chi connectivity index (χ3n) is 2.82. The predicted octanol–water partition coefficient (Wildman–Crippen LogP) is 4.99. The van der Waals surface area contributed by atoms with Gasteiger partial charge >= 0.3 is 5.97 Å². The minimum Gasteiger partial charge on any atom is -0.480 e. The van der Waals surface area contributed by atoms with Gasteiger partial charge in [-0.2, -0.15) is 0 Å². The molecule has 0 unspecified atom stereocenters. The fraction of sp³-hybridized carbons (Fsp3) is 0.562. The molecule has 0 amide bonds. The van der Waals surface area contributed by atoms with E-state index in [0.29, 0.717) is 28.3 Å². The number of rotatable bonds is 7. The van der Waals surface area contributed by atoms with Crippen molar-refractivity contribution < 1.29 is 14.3 Å². The second-order valence-corrected chi connectivity index (χ2v) is 7.13. The fourth-order valence-electron chi connectivity index (χ4n) is 2.21. The maximum Gasteiger partial charge on any atom is 0.344 e. The highest BCUT2D eigenvalue weighted by Crippen LogP contribution is 2.28. The Morgan fingerprint density at radius 2 is 1.95 bits per heavy atom. The number of halogens is 2. The first-order valence-corrected chi connectivity index (χ1v) is 7.69. The van der Waals surface area contributed by atoms with Crippen LogP contribution in [0.15, 0.2) is 18.2 Å². The fourth-order valence-corrected chi connectivity index (χ4v) is 2.67. The Balaban J connectivity index is 2.41. The van der Waals surface area contributed by atoms with E-state index in [1.807, 2.05) is 0 Å². The van der Waals surface area contributed by atoms with Crippen LogP contribution < -0.4 is 4.74 Å². The van der Waals surface area contributed by atoms with E-state index < -0.39 is 5.97 Å². The van der Waals surface area contributed by atoms with Crippen molar-refractivity contribution in [2.75, 3.05) is 13.2 Å². The average Bonchev–Trinajstić information content (AvgIpc) is 2.34. The summed E-state index contributed by atoms with van der Waals surface area (Å²) in [6, 6.07) is 4.84. The quantitative estimate of drug-likeness (QED) is 0.660. The van der Waals surface area contributed by atoms with Crippen molar-refractivity contribution in [1.82, 2.24) is 0 Å². The van der Waals surface area contributed by atoms with Crippen molar-refractivity contribution >= 4 is 29.2 Å². The van der Waals surface area contributed by atoms with Crippen LogP contribution in [0.2, 0.25) is 10.0 Å². The lowest BCUT2D eigenvalue weighted by molar-refractivity contribution is -0.149. The van der Waals surface area contributed by atoms with Gasteiger partial charge in [0.25, 0.3) is 0 Å². The number of hydrogen-bond acceptors (Lipinski definition) is 3. The summed E-state index contributed by atoms with van der Waals surface area (Å²) in [5.74, 6) is 0.570. The number of carbonyl (C=O) groups is 1. The maximum absolute atomic E-state index is 11.7. The topological polar surface area (TPSA) is 35.5 Å². The van der Waals surface area contributed by atoms with Crippen LogP contribution in [0, 0.1) is 11.3 Å². The van der Waals surface area contributed by atoms with Crippen LogP contribution in [0.4, 0.5) is 0 Å². The second-order valence-electron chi connectivity index (χ2n) is 6.29. The second kappa shape index (κ2) is 7.90. The summed E-state index contributed by atoms with van der Waals surface area (Å²) in [6.07, 6.45) is 0.990. The summed E-state index contributed by atoms with van der Waals surface area (Å²) >= 11 is 11.7. The molecular weight excluding hydrogens is 311 g/mol. The summed E-state index contributed by atoms with van der Waals surface area (Å²) < 4.78 is 10.6. The van der Waals surface area contributed by atoms with Crippen LogP contribution in [-0.4, -0.2) is 19.2 Å². The minimum atomic E-state index is -0.405. The van der Waals surface area contributed by atoms with Crippen LogP contribution in [0.5, 0.6) is 5.75 Å². The van der Waals surface area contributed by atoms with Gasteiger partial charge in [-0.1, -0.05) is 50.9 Å². The first-order valence-electron chi connectivity index (χ1n) is 6.93. The van der Waals surface area contributed by atoms with Crippen molar-refractivity contribution in [3.8, 4) is 5.75 Å². The molecule has 0 heterocycles. The molecule has 0 spiro atoms. The molecule has 5 heteroatoms. The largest absolute Gasteiger partial charge is 0.480 e. The van der Waals surface area contributed by atoms with E-state index in [4.69, 9.17) is 32.7 Å². The van der Waals surface area contributed by atoms with Crippen LogP contribution in [0.1, 0.15) is 34.1 Å². The molecule has 3 nitrogen and oxygen atoms in total. The summed E-state index contributed by atoms with van der Waals surface area (Å²) in [6.45, 7) is 8.67. The monoisotopic (exact) mass is 332 g/mol. The number of benzene rings is 1. The molecule has 0 atom stereocenters. The van der Waals surface area contributed by atoms with Crippen LogP contribution in [0.25, 0.3) is 0 Å². The van der Waals surface area contributed by atoms with Gasteiger partial charge in [-0.05, 0) is 36.0 Å². The van der Waals surface area contributed by atoms with Crippen molar-refractivity contribution in [1.29, 1.82) is 0 Å². The van der Waals surface area contributed by atoms with Crippen molar-refractivity contribution in [3.63, 3.8) is 0 Å². The van der Waals surface area contributed by atoms with E-state index in [-0.39, 0.29) is 12.0 Å². The standard InChI is InChI=1S/C16H22Cl2O3/c1-11(2)8-16(3,4)10-21-15(19)9-20-14-6-5-12(17)7-13(14)18/h5-7,11H,8-10H2,1-4H3. The molecule has 1 aromatic rings. The normalized spacial score (nSPS) is 11.6. The van der Waals surface area contributed by atoms with Crippen LogP contribution >= 0.6 is 23.2 Å². The summed E-state index contributed by atoms with van der Waals surface area (Å²) in [5, 5.41) is 0.890. The van der Waals surface area contributed by atoms with Gasteiger partial charge in [0.1, 0.15) is 5.75 Å². The van der Waals surface area contributed by atoms with Crippen molar-refractivity contribution in [2.24, 2.45) is 11.3 Å². The van der Waals surface area contributed by atoms with E-state index in [0.717, 1.165) is 6.42 Å². The van der Waals surface area contributed by atoms with Crippen molar-refractivity contribution in [3.05, 3.63) is 28.2 Å². The van der Waals surface area contributed by atoms with E-state index in [1.54, 1.807) is 18.2 Å². The predicted molar refractivity (Wildman–Crippen MR) is 86.2 cm³/mol. The van der Waals surface area contributed by atoms with Gasteiger partial charge in [-0.3, -0.25) is 0 Å². The summed E-state index contributed by atoms with van der Waals surface area (Å²) in [4.78, 5) is 11.7. The highest BCUT2D eigenvalue weighted by atomic mass is 35.5. The van der Waals surface area contributed by atoms with E-state index in [1.165, 1.54) is 0 Å². The Morgan fingerprint density at radius 3 is 2.52 bits per heavy atom. The molecule has 0 aliphatic carbocycles. The third kappa shape index (κ3) is 7.05. The molecule has 0 saturated carbocycles. The Kier molecular flexibility index (Phi) is 6.82. The Bertz CT molecular complexity index is 484. The molecule has 0 aliphatic rings. The number of hydrogen-bond donors (Lipinski definition) is 0. The highest BCUT2D eigenvalue weighted by molar-refractivity contribution is 6.35. The lowest BCUT2D eigenvalue weighted by Crippen LogP contribution is -2.26. The van der Waals surface area contributed by atoms with Gasteiger partial charge in [-0.25, -0.2) is 4.79 Å². The zero-order chi connectivity index (χ0) is 16.0. The Labute approximate surface area is 136 Å². The smallest absolute Gasteiger partial charge is 0.344 e. The SMILES string of the molecule is CC(C)CC(C)(C)COC(=O)COc1ccc(Cl)cc1Cl. The molecular formula is C16H22Cl2O3. The molecule has 0 saturated heterocycles. The van der Waals surface area contributed by atoms with Crippen LogP contribution in [0.3, 0.4) is 0 Å². The van der Waals surface area contributed by atoms with Gasteiger partial charge in [0.05, 0.1) is 11.6 Å². The third-order valence-corrected chi connectivity index (χ3v) is 3.35. The zero-order valence-corrected chi connectivity index (χ0v) is 14.4. The first kappa shape index (κ1) is 18.1. The zero-order valence-electron chi connectivity index (χ0n) is 12.9. The molecule has 0 radical (unpaired) electrons. The number of esters is 1. The summed E-state index contributed by atoms with van der Waals surface area (Å²) in [5.41, 5.74) is -0.0399. The molecule has 1 rings (SSSR count). The van der Waals surface area contributed by atoms with Gasteiger partial charge in [0, 0.05) is 5.02 Å². The average molecular weight is 333 g/mol. The van der Waals surface area contributed by atoms with Gasteiger partial charge in [0.2, 0.25) is 0 Å². The molecule has 21 heavy (non-hydrogen) atoms. The van der Waals surface area contributed by atoms with E-state index in [2.05, 4.69) is 27.7 Å². The van der Waals surface area contributed by atoms with Crippen molar-refractivity contribution in [2.45, 2.75) is 34.1 Å². The van der Waals surface area contributed by atoms with Gasteiger partial charge < -0.3 is 9.47 Å². The maximum atomic E-state index is 11.7. The molecule has 0 fully saturated rings. The molecule has 0 aliphatic heterocycles. The first-order chi connectivity index (χ1) is 9.69. The summed E-state index contributed by atoms with van der Waals surface area (Å²) in [7, 11) is 0. The van der Waals surface area contributed by atoms with E-state index in [9.17, 15) is 4.79 Å². The Hall–Kier alpha value is -0.930. The molecule has 118 valence electrons. The van der Waals surface area contributed by atoms with Gasteiger partial charge in [-0.15, -0.1) is 0 Å². The molecule has 1 aromatic carbocycles. The molecule has 0 bridgehead atoms.